The van der Waals surface area contributed by atoms with Crippen molar-refractivity contribution in [3.8, 4) is 0 Å². The number of rotatable bonds is 1. The normalized spacial score (nSPS) is 38.5. The van der Waals surface area contributed by atoms with Gasteiger partial charge in [0.25, 0.3) is 0 Å². The van der Waals surface area contributed by atoms with Gasteiger partial charge in [-0.3, -0.25) is 0 Å². The second-order valence-corrected chi connectivity index (χ2v) is 2.41. The molecule has 1 rings (SSSR count). The Morgan fingerprint density at radius 2 is 1.67 bits per heavy atom. The molecule has 0 aliphatic carbocycles. The third-order valence-corrected chi connectivity index (χ3v) is 1.62. The summed E-state index contributed by atoms with van der Waals surface area (Å²) in [5.74, 6) is -9.17. The van der Waals surface area contributed by atoms with Crippen LogP contribution in [0, 0.1) is 0 Å². The Hall–Kier alpha value is -0.400. The molecule has 1 aliphatic rings. The van der Waals surface area contributed by atoms with Crippen LogP contribution >= 0.6 is 0 Å². The Morgan fingerprint density at radius 3 is 1.83 bits per heavy atom. The van der Waals surface area contributed by atoms with Crippen molar-refractivity contribution in [2.75, 3.05) is 6.61 Å². The molecule has 1 heterocycles. The highest BCUT2D eigenvalue weighted by atomic mass is 19.3. The van der Waals surface area contributed by atoms with E-state index in [1.54, 1.807) is 0 Å². The largest absolute Gasteiger partial charge is 0.393 e. The molecule has 0 spiro atoms. The molecule has 0 aromatic heterocycles. The van der Waals surface area contributed by atoms with E-state index in [9.17, 15) is 17.6 Å². The van der Waals surface area contributed by atoms with Gasteiger partial charge in [0.1, 0.15) is 0 Å². The quantitative estimate of drug-likeness (QED) is 0.570. The van der Waals surface area contributed by atoms with E-state index in [1.165, 1.54) is 0 Å². The molecule has 1 fully saturated rings. The molecule has 0 saturated carbocycles. The minimum Gasteiger partial charge on any atom is -0.393 e. The summed E-state index contributed by atoms with van der Waals surface area (Å²) >= 11 is 0. The van der Waals surface area contributed by atoms with E-state index in [4.69, 9.17) is 10.2 Å². The van der Waals surface area contributed by atoms with E-state index in [-0.39, 0.29) is 0 Å². The first-order chi connectivity index (χ1) is 5.34. The van der Waals surface area contributed by atoms with Crippen LogP contribution in [0.1, 0.15) is 0 Å². The van der Waals surface area contributed by atoms with E-state index in [0.717, 1.165) is 0 Å². The predicted molar refractivity (Wildman–Crippen MR) is 27.9 cm³/mol. The summed E-state index contributed by atoms with van der Waals surface area (Å²) in [7, 11) is 0. The molecular formula is C5H6F4O3. The molecule has 2 atom stereocenters. The van der Waals surface area contributed by atoms with Crippen molar-refractivity contribution >= 4 is 0 Å². The number of hydrogen-bond donors (Lipinski definition) is 2. The van der Waals surface area contributed by atoms with Crippen LogP contribution in [0.4, 0.5) is 17.6 Å². The van der Waals surface area contributed by atoms with Crippen LogP contribution in [-0.2, 0) is 4.74 Å². The molecule has 3 nitrogen and oxygen atoms in total. The van der Waals surface area contributed by atoms with Gasteiger partial charge in [-0.25, -0.2) is 0 Å². The van der Waals surface area contributed by atoms with Gasteiger partial charge >= 0.3 is 11.8 Å². The summed E-state index contributed by atoms with van der Waals surface area (Å²) in [5, 5.41) is 16.5. The summed E-state index contributed by atoms with van der Waals surface area (Å²) in [4.78, 5) is 0. The molecule has 2 N–H and O–H groups in total. The molecule has 12 heavy (non-hydrogen) atoms. The van der Waals surface area contributed by atoms with Gasteiger partial charge < -0.3 is 14.9 Å². The lowest BCUT2D eigenvalue weighted by atomic mass is 10.1. The number of hydrogen-bond acceptors (Lipinski definition) is 3. The molecular weight excluding hydrogens is 184 g/mol. The van der Waals surface area contributed by atoms with Crippen molar-refractivity contribution < 1.29 is 32.5 Å². The van der Waals surface area contributed by atoms with Gasteiger partial charge in [-0.2, -0.15) is 17.6 Å². The van der Waals surface area contributed by atoms with E-state index in [2.05, 4.69) is 4.74 Å². The Morgan fingerprint density at radius 1 is 1.17 bits per heavy atom. The van der Waals surface area contributed by atoms with Gasteiger partial charge in [0, 0.05) is 0 Å². The van der Waals surface area contributed by atoms with Gasteiger partial charge in [0.05, 0.1) is 6.61 Å². The first kappa shape index (κ1) is 9.69. The molecule has 72 valence electrons. The standard InChI is InChI=1S/C5H6F4O3/c6-4(7)2(1-10)12-3(11)5(4,8)9/h2-3,10-11H,1H2/t2-,3+/m1/s1. The molecule has 0 radical (unpaired) electrons. The number of aliphatic hydroxyl groups excluding tert-OH is 2. The van der Waals surface area contributed by atoms with Gasteiger partial charge in [-0.15, -0.1) is 0 Å². The van der Waals surface area contributed by atoms with E-state index in [1.807, 2.05) is 0 Å². The number of ether oxygens (including phenoxy) is 1. The lowest BCUT2D eigenvalue weighted by molar-refractivity contribution is -0.234. The highest BCUT2D eigenvalue weighted by Crippen LogP contribution is 2.46. The Balaban J connectivity index is 2.92. The SMILES string of the molecule is OC[C@H]1O[C@H](O)C(F)(F)C1(F)F. The zero-order valence-corrected chi connectivity index (χ0v) is 5.68. The maximum absolute atomic E-state index is 12.4. The summed E-state index contributed by atoms with van der Waals surface area (Å²) in [5.41, 5.74) is 0. The third-order valence-electron chi connectivity index (χ3n) is 1.62. The minimum atomic E-state index is -4.64. The van der Waals surface area contributed by atoms with Gasteiger partial charge in [0.15, 0.2) is 6.10 Å². The fourth-order valence-corrected chi connectivity index (χ4v) is 0.863. The zero-order chi connectivity index (χ0) is 9.57. The Bertz CT molecular complexity index is 184. The van der Waals surface area contributed by atoms with Crippen molar-refractivity contribution in [2.45, 2.75) is 24.2 Å². The highest BCUT2D eigenvalue weighted by Gasteiger charge is 2.72. The first-order valence-electron chi connectivity index (χ1n) is 3.04. The molecule has 0 aromatic rings. The summed E-state index contributed by atoms with van der Waals surface area (Å²) in [6, 6.07) is 0. The van der Waals surface area contributed by atoms with E-state index in [0.29, 0.717) is 0 Å². The lowest BCUT2D eigenvalue weighted by Gasteiger charge is -2.20. The maximum Gasteiger partial charge on any atom is 0.362 e. The lowest BCUT2D eigenvalue weighted by Crippen LogP contribution is -2.47. The molecule has 0 aromatic carbocycles. The zero-order valence-electron chi connectivity index (χ0n) is 5.68. The topological polar surface area (TPSA) is 49.7 Å². The highest BCUT2D eigenvalue weighted by molar-refractivity contribution is 4.99. The molecule has 0 unspecified atom stereocenters. The molecule has 1 aliphatic heterocycles. The smallest absolute Gasteiger partial charge is 0.362 e. The van der Waals surface area contributed by atoms with Crippen LogP contribution in [0.5, 0.6) is 0 Å². The molecule has 0 bridgehead atoms. The number of halogens is 4. The van der Waals surface area contributed by atoms with Gasteiger partial charge in [0.2, 0.25) is 6.29 Å². The predicted octanol–water partition coefficient (Wildman–Crippen LogP) is -0.0335. The molecule has 7 heteroatoms. The fraction of sp³-hybridized carbons (Fsp3) is 1.00. The van der Waals surface area contributed by atoms with Crippen LogP contribution < -0.4 is 0 Å². The van der Waals surface area contributed by atoms with Crippen molar-refractivity contribution in [1.82, 2.24) is 0 Å². The number of aliphatic hydroxyl groups is 2. The number of alkyl halides is 4. The van der Waals surface area contributed by atoms with Crippen molar-refractivity contribution in [3.63, 3.8) is 0 Å². The van der Waals surface area contributed by atoms with Crippen LogP contribution in [0.2, 0.25) is 0 Å². The van der Waals surface area contributed by atoms with Crippen LogP contribution in [-0.4, -0.2) is 41.1 Å². The molecule has 0 amide bonds. The van der Waals surface area contributed by atoms with Gasteiger partial charge in [-0.1, -0.05) is 0 Å². The first-order valence-corrected chi connectivity index (χ1v) is 3.04. The Labute approximate surface area is 64.6 Å². The average Bonchev–Trinajstić information content (AvgIpc) is 2.10. The fourth-order valence-electron chi connectivity index (χ4n) is 0.863. The molecule has 1 saturated heterocycles. The van der Waals surface area contributed by atoms with Crippen molar-refractivity contribution in [3.05, 3.63) is 0 Å². The second kappa shape index (κ2) is 2.54. The van der Waals surface area contributed by atoms with Crippen LogP contribution in [0.25, 0.3) is 0 Å². The second-order valence-electron chi connectivity index (χ2n) is 2.41. The Kier molecular flexibility index (Phi) is 2.05. The summed E-state index contributed by atoms with van der Waals surface area (Å²) < 4.78 is 53.3. The van der Waals surface area contributed by atoms with Crippen LogP contribution in [0.3, 0.4) is 0 Å². The monoisotopic (exact) mass is 190 g/mol. The minimum absolute atomic E-state index is 1.26. The maximum atomic E-state index is 12.4. The van der Waals surface area contributed by atoms with E-state index < -0.39 is 30.8 Å². The summed E-state index contributed by atoms with van der Waals surface area (Å²) in [6.45, 7) is -1.26. The van der Waals surface area contributed by atoms with Crippen molar-refractivity contribution in [2.24, 2.45) is 0 Å². The summed E-state index contributed by atoms with van der Waals surface area (Å²) in [6.07, 6.45) is -5.20. The average molecular weight is 190 g/mol. The third kappa shape index (κ3) is 1.00. The van der Waals surface area contributed by atoms with Crippen LogP contribution in [0.15, 0.2) is 0 Å². The van der Waals surface area contributed by atoms with Crippen molar-refractivity contribution in [1.29, 1.82) is 0 Å². The van der Waals surface area contributed by atoms with Gasteiger partial charge in [-0.05, 0) is 0 Å². The van der Waals surface area contributed by atoms with E-state index >= 15 is 0 Å².